The Labute approximate surface area is 196 Å². The molecule has 0 radical (unpaired) electrons. The first-order valence-electron chi connectivity index (χ1n) is 10.6. The van der Waals surface area contributed by atoms with Gasteiger partial charge in [0.2, 0.25) is 5.91 Å². The predicted molar refractivity (Wildman–Crippen MR) is 128 cm³/mol. The molecule has 1 saturated heterocycles. The van der Waals surface area contributed by atoms with Crippen LogP contribution in [0.5, 0.6) is 17.2 Å². The first-order chi connectivity index (χ1) is 15.9. The van der Waals surface area contributed by atoms with Crippen molar-refractivity contribution in [3.05, 3.63) is 52.9 Å². The molecule has 1 N–H and O–H groups in total. The number of benzene rings is 2. The lowest BCUT2D eigenvalue weighted by atomic mass is 10.2. The van der Waals surface area contributed by atoms with Crippen LogP contribution >= 0.6 is 11.8 Å². The molecule has 3 amide bonds. The molecule has 2 aromatic carbocycles. The van der Waals surface area contributed by atoms with E-state index in [-0.39, 0.29) is 11.4 Å². The van der Waals surface area contributed by atoms with Crippen molar-refractivity contribution in [2.24, 2.45) is 0 Å². The summed E-state index contributed by atoms with van der Waals surface area (Å²) in [5.41, 5.74) is 1.23. The van der Waals surface area contributed by atoms with E-state index in [4.69, 9.17) is 14.2 Å². The number of nitrogens with one attached hydrogen (secondary N) is 1. The molecule has 174 valence electrons. The lowest BCUT2D eigenvalue weighted by Crippen LogP contribution is -2.36. The Bertz CT molecular complexity index is 1050. The second-order valence-electron chi connectivity index (χ2n) is 6.85. The molecule has 3 rings (SSSR count). The predicted octanol–water partition coefficient (Wildman–Crippen LogP) is 4.56. The number of imide groups is 1. The first kappa shape index (κ1) is 24.2. The third kappa shape index (κ3) is 6.29. The van der Waals surface area contributed by atoms with Crippen LogP contribution in [0.1, 0.15) is 26.3 Å². The number of hydrogen-bond acceptors (Lipinski definition) is 7. The normalized spacial score (nSPS) is 14.5. The molecule has 0 unspecified atom stereocenters. The van der Waals surface area contributed by atoms with E-state index in [0.717, 1.165) is 16.7 Å². The average molecular weight is 471 g/mol. The molecule has 0 aliphatic carbocycles. The standard InChI is InChI=1S/C24H26N2O6S/c1-4-30-18-10-8-17(9-11-18)25-22(27)15-26-23(28)21(33-24(26)29)14-16-7-12-19(31-5-2)20(13-16)32-6-3/h7-14H,4-6,15H2,1-3H3,(H,25,27)/b21-14+. The smallest absolute Gasteiger partial charge is 0.294 e. The minimum Gasteiger partial charge on any atom is -0.494 e. The zero-order valence-electron chi connectivity index (χ0n) is 18.8. The number of rotatable bonds is 10. The van der Waals surface area contributed by atoms with Crippen LogP contribution in [0.4, 0.5) is 10.5 Å². The highest BCUT2D eigenvalue weighted by atomic mass is 32.2. The number of anilines is 1. The van der Waals surface area contributed by atoms with E-state index in [1.807, 2.05) is 20.8 Å². The minimum absolute atomic E-state index is 0.237. The summed E-state index contributed by atoms with van der Waals surface area (Å²) in [6.45, 7) is 6.76. The lowest BCUT2D eigenvalue weighted by Gasteiger charge is -2.13. The molecule has 9 heteroatoms. The van der Waals surface area contributed by atoms with Gasteiger partial charge in [0.25, 0.3) is 11.1 Å². The molecule has 1 aliphatic rings. The molecule has 1 fully saturated rings. The van der Waals surface area contributed by atoms with Crippen molar-refractivity contribution >= 4 is 40.6 Å². The molecule has 0 saturated carbocycles. The van der Waals surface area contributed by atoms with Crippen LogP contribution in [-0.4, -0.2) is 48.3 Å². The van der Waals surface area contributed by atoms with Crippen LogP contribution in [0.25, 0.3) is 6.08 Å². The molecule has 2 aromatic rings. The zero-order valence-corrected chi connectivity index (χ0v) is 19.6. The Morgan fingerprint density at radius 3 is 2.27 bits per heavy atom. The van der Waals surface area contributed by atoms with Crippen LogP contribution in [0.2, 0.25) is 0 Å². The molecular formula is C24H26N2O6S. The molecule has 0 aromatic heterocycles. The van der Waals surface area contributed by atoms with Gasteiger partial charge < -0.3 is 19.5 Å². The highest BCUT2D eigenvalue weighted by Crippen LogP contribution is 2.34. The van der Waals surface area contributed by atoms with Crippen molar-refractivity contribution in [3.8, 4) is 17.2 Å². The highest BCUT2D eigenvalue weighted by Gasteiger charge is 2.36. The molecule has 0 spiro atoms. The maximum absolute atomic E-state index is 12.8. The van der Waals surface area contributed by atoms with E-state index in [9.17, 15) is 14.4 Å². The van der Waals surface area contributed by atoms with Crippen LogP contribution in [-0.2, 0) is 9.59 Å². The maximum atomic E-state index is 12.8. The molecule has 8 nitrogen and oxygen atoms in total. The van der Waals surface area contributed by atoms with Gasteiger partial charge in [-0.3, -0.25) is 19.3 Å². The van der Waals surface area contributed by atoms with Gasteiger partial charge in [-0.1, -0.05) is 6.07 Å². The summed E-state index contributed by atoms with van der Waals surface area (Å²) in [7, 11) is 0. The van der Waals surface area contributed by atoms with Crippen molar-refractivity contribution in [2.45, 2.75) is 20.8 Å². The monoisotopic (exact) mass is 470 g/mol. The van der Waals surface area contributed by atoms with Crippen molar-refractivity contribution in [1.82, 2.24) is 4.90 Å². The van der Waals surface area contributed by atoms with Gasteiger partial charge in [-0.2, -0.15) is 0 Å². The van der Waals surface area contributed by atoms with E-state index >= 15 is 0 Å². The lowest BCUT2D eigenvalue weighted by molar-refractivity contribution is -0.127. The van der Waals surface area contributed by atoms with E-state index in [2.05, 4.69) is 5.32 Å². The van der Waals surface area contributed by atoms with Crippen molar-refractivity contribution in [1.29, 1.82) is 0 Å². The van der Waals surface area contributed by atoms with Gasteiger partial charge in [0, 0.05) is 5.69 Å². The van der Waals surface area contributed by atoms with Gasteiger partial charge in [-0.15, -0.1) is 0 Å². The molecule has 0 bridgehead atoms. The number of hydrogen-bond donors (Lipinski definition) is 1. The largest absolute Gasteiger partial charge is 0.494 e. The quantitative estimate of drug-likeness (QED) is 0.509. The van der Waals surface area contributed by atoms with Gasteiger partial charge in [0.15, 0.2) is 11.5 Å². The number of ether oxygens (including phenoxy) is 3. The second-order valence-corrected chi connectivity index (χ2v) is 7.84. The highest BCUT2D eigenvalue weighted by molar-refractivity contribution is 8.18. The molecule has 1 heterocycles. The van der Waals surface area contributed by atoms with Crippen LogP contribution < -0.4 is 19.5 Å². The van der Waals surface area contributed by atoms with Gasteiger partial charge in [-0.05, 0) is 80.6 Å². The Balaban J connectivity index is 1.68. The van der Waals surface area contributed by atoms with Crippen LogP contribution in [0, 0.1) is 0 Å². The van der Waals surface area contributed by atoms with Crippen molar-refractivity contribution in [3.63, 3.8) is 0 Å². The summed E-state index contributed by atoms with van der Waals surface area (Å²) < 4.78 is 16.5. The Morgan fingerprint density at radius 2 is 1.61 bits per heavy atom. The summed E-state index contributed by atoms with van der Waals surface area (Å²) in [6.07, 6.45) is 1.60. The van der Waals surface area contributed by atoms with E-state index in [0.29, 0.717) is 48.3 Å². The number of amides is 3. The van der Waals surface area contributed by atoms with E-state index in [1.165, 1.54) is 0 Å². The van der Waals surface area contributed by atoms with Crippen molar-refractivity contribution in [2.75, 3.05) is 31.7 Å². The Morgan fingerprint density at radius 1 is 0.939 bits per heavy atom. The average Bonchev–Trinajstić information content (AvgIpc) is 3.04. The van der Waals surface area contributed by atoms with Gasteiger partial charge >= 0.3 is 0 Å². The maximum Gasteiger partial charge on any atom is 0.294 e. The number of thioether (sulfide) groups is 1. The van der Waals surface area contributed by atoms with E-state index in [1.54, 1.807) is 48.5 Å². The van der Waals surface area contributed by atoms with Gasteiger partial charge in [0.1, 0.15) is 12.3 Å². The topological polar surface area (TPSA) is 94.2 Å². The molecule has 0 atom stereocenters. The summed E-state index contributed by atoms with van der Waals surface area (Å²) in [6, 6.07) is 12.1. The minimum atomic E-state index is -0.515. The summed E-state index contributed by atoms with van der Waals surface area (Å²) >= 11 is 0.796. The Kier molecular flexibility index (Phi) is 8.37. The number of nitrogens with zero attached hydrogens (tertiary/aromatic N) is 1. The third-order valence-electron chi connectivity index (χ3n) is 4.49. The van der Waals surface area contributed by atoms with Crippen LogP contribution in [0.3, 0.4) is 0 Å². The SMILES string of the molecule is CCOc1ccc(NC(=O)CN2C(=O)S/C(=C/c3ccc(OCC)c(OCC)c3)C2=O)cc1. The first-order valence-corrected chi connectivity index (χ1v) is 11.4. The molecular weight excluding hydrogens is 444 g/mol. The summed E-state index contributed by atoms with van der Waals surface area (Å²) in [4.78, 5) is 38.7. The van der Waals surface area contributed by atoms with Crippen LogP contribution in [0.15, 0.2) is 47.4 Å². The van der Waals surface area contributed by atoms with Gasteiger partial charge in [-0.25, -0.2) is 0 Å². The fourth-order valence-electron chi connectivity index (χ4n) is 3.09. The second kappa shape index (κ2) is 11.4. The fraction of sp³-hybridized carbons (Fsp3) is 0.292. The van der Waals surface area contributed by atoms with Crippen molar-refractivity contribution < 1.29 is 28.6 Å². The summed E-state index contributed by atoms with van der Waals surface area (Å²) in [5.74, 6) is 0.868. The summed E-state index contributed by atoms with van der Waals surface area (Å²) in [5, 5.41) is 2.19. The van der Waals surface area contributed by atoms with Gasteiger partial charge in [0.05, 0.1) is 24.7 Å². The molecule has 1 aliphatic heterocycles. The third-order valence-corrected chi connectivity index (χ3v) is 5.40. The Hall–Kier alpha value is -3.46. The number of carbonyl (C=O) groups excluding carboxylic acids is 3. The fourth-order valence-corrected chi connectivity index (χ4v) is 3.93. The molecule has 33 heavy (non-hydrogen) atoms. The van der Waals surface area contributed by atoms with E-state index < -0.39 is 17.1 Å². The zero-order chi connectivity index (χ0) is 23.8. The number of carbonyl (C=O) groups is 3.